The summed E-state index contributed by atoms with van der Waals surface area (Å²) < 4.78 is 19.1. The Morgan fingerprint density at radius 3 is 2.41 bits per heavy atom. The molecule has 2 aliphatic carbocycles. The maximum atomic E-state index is 13.4. The average Bonchev–Trinajstić information content (AvgIpc) is 2.87. The smallest absolute Gasteiger partial charge is 0.170 e. The molecule has 152 valence electrons. The van der Waals surface area contributed by atoms with Crippen molar-refractivity contribution in [2.24, 2.45) is 16.7 Å². The van der Waals surface area contributed by atoms with Gasteiger partial charge in [-0.2, -0.15) is 0 Å². The number of aliphatic hydroxyl groups excluding tert-OH is 1. The van der Waals surface area contributed by atoms with Gasteiger partial charge in [-0.1, -0.05) is 33.8 Å². The van der Waals surface area contributed by atoms with Gasteiger partial charge in [0, 0.05) is 11.3 Å². The quantitative estimate of drug-likeness (QED) is 0.646. The Bertz CT molecular complexity index is 1000. The van der Waals surface area contributed by atoms with Crippen LogP contribution in [0.5, 0.6) is 11.5 Å². The summed E-state index contributed by atoms with van der Waals surface area (Å²) in [6.07, 6.45) is 2.34. The highest BCUT2D eigenvalue weighted by Gasteiger charge is 2.61. The number of allylic oxidation sites excluding steroid dienone is 2. The summed E-state index contributed by atoms with van der Waals surface area (Å²) >= 11 is 0. The van der Waals surface area contributed by atoms with Gasteiger partial charge in [0.05, 0.1) is 5.57 Å². The highest BCUT2D eigenvalue weighted by molar-refractivity contribution is 6.24. The lowest BCUT2D eigenvalue weighted by Crippen LogP contribution is -2.43. The van der Waals surface area contributed by atoms with Gasteiger partial charge in [0.15, 0.2) is 5.78 Å². The van der Waals surface area contributed by atoms with E-state index in [-0.39, 0.29) is 28.7 Å². The second-order valence-corrected chi connectivity index (χ2v) is 8.96. The van der Waals surface area contributed by atoms with Gasteiger partial charge in [0.25, 0.3) is 0 Å². The lowest BCUT2D eigenvalue weighted by atomic mass is 9.58. The van der Waals surface area contributed by atoms with Gasteiger partial charge in [0.2, 0.25) is 0 Å². The molecule has 3 nitrogen and oxygen atoms in total. The highest BCUT2D eigenvalue weighted by Crippen LogP contribution is 2.64. The van der Waals surface area contributed by atoms with E-state index < -0.39 is 5.41 Å². The minimum absolute atomic E-state index is 0.0242. The number of ketones is 1. The van der Waals surface area contributed by atoms with E-state index in [0.717, 1.165) is 30.4 Å². The van der Waals surface area contributed by atoms with Crippen LogP contribution in [-0.4, -0.2) is 10.9 Å². The summed E-state index contributed by atoms with van der Waals surface area (Å²) in [6.45, 7) is 8.28. The fourth-order valence-corrected chi connectivity index (χ4v) is 5.01. The van der Waals surface area contributed by atoms with Crippen molar-refractivity contribution in [2.75, 3.05) is 0 Å². The standard InChI is InChI=1S/C25H27FO3/c1-5-15-6-9-18(29-17-10-7-16(26)8-11-17)14-19(15)21-22(27)20-12-13-25(4,23(21)28)24(20,2)3/h6-11,14,20,28H,5,12-13H2,1-4H3/t20-,25-/m1/s1. The Labute approximate surface area is 171 Å². The zero-order valence-corrected chi connectivity index (χ0v) is 17.4. The molecular formula is C25H27FO3. The third-order valence-electron chi connectivity index (χ3n) is 7.33. The summed E-state index contributed by atoms with van der Waals surface area (Å²) in [6, 6.07) is 11.4. The molecule has 4 heteroatoms. The molecule has 0 saturated heterocycles. The molecule has 2 bridgehead atoms. The number of aryl methyl sites for hydroxylation is 1. The van der Waals surface area contributed by atoms with Crippen LogP contribution in [0.2, 0.25) is 0 Å². The largest absolute Gasteiger partial charge is 0.511 e. The first kappa shape index (κ1) is 19.7. The number of hydrogen-bond acceptors (Lipinski definition) is 3. The number of fused-ring (bicyclic) bond motifs is 2. The minimum Gasteiger partial charge on any atom is -0.511 e. The van der Waals surface area contributed by atoms with Crippen LogP contribution in [0.3, 0.4) is 0 Å². The monoisotopic (exact) mass is 394 g/mol. The fourth-order valence-electron chi connectivity index (χ4n) is 5.01. The molecule has 2 aromatic rings. The molecule has 2 aromatic carbocycles. The molecule has 0 unspecified atom stereocenters. The van der Waals surface area contributed by atoms with Crippen molar-refractivity contribution in [3.8, 4) is 11.5 Å². The fraction of sp³-hybridized carbons (Fsp3) is 0.400. The Morgan fingerprint density at radius 1 is 1.10 bits per heavy atom. The molecule has 29 heavy (non-hydrogen) atoms. The molecule has 0 spiro atoms. The zero-order chi connectivity index (χ0) is 21.0. The molecule has 0 heterocycles. The number of carbonyl (C=O) groups excluding carboxylic acids is 1. The predicted molar refractivity (Wildman–Crippen MR) is 111 cm³/mol. The van der Waals surface area contributed by atoms with Crippen LogP contribution in [-0.2, 0) is 11.2 Å². The van der Waals surface area contributed by atoms with Gasteiger partial charge >= 0.3 is 0 Å². The van der Waals surface area contributed by atoms with Crippen molar-refractivity contribution in [1.29, 1.82) is 0 Å². The highest BCUT2D eigenvalue weighted by atomic mass is 19.1. The first-order valence-corrected chi connectivity index (χ1v) is 10.2. The van der Waals surface area contributed by atoms with E-state index in [1.54, 1.807) is 12.1 Å². The van der Waals surface area contributed by atoms with Crippen LogP contribution in [0.25, 0.3) is 5.57 Å². The molecule has 2 aliphatic rings. The van der Waals surface area contributed by atoms with Crippen LogP contribution >= 0.6 is 0 Å². The van der Waals surface area contributed by atoms with E-state index in [1.807, 2.05) is 25.1 Å². The van der Waals surface area contributed by atoms with Gasteiger partial charge < -0.3 is 9.84 Å². The number of Topliss-reactive ketones (excluding diaryl/α,β-unsaturated/α-hetero) is 1. The van der Waals surface area contributed by atoms with Gasteiger partial charge in [-0.15, -0.1) is 0 Å². The van der Waals surface area contributed by atoms with Crippen molar-refractivity contribution in [3.63, 3.8) is 0 Å². The first-order chi connectivity index (χ1) is 13.7. The SMILES string of the molecule is CCc1ccc(Oc2ccc(F)cc2)cc1C1=C(O)[C@@]2(C)CC[C@H](C1=O)C2(C)C. The Hall–Kier alpha value is -2.62. The minimum atomic E-state index is -0.417. The van der Waals surface area contributed by atoms with E-state index in [0.29, 0.717) is 17.1 Å². The number of benzene rings is 2. The van der Waals surface area contributed by atoms with Crippen molar-refractivity contribution in [1.82, 2.24) is 0 Å². The molecule has 1 fully saturated rings. The van der Waals surface area contributed by atoms with Crippen LogP contribution in [0.15, 0.2) is 48.2 Å². The number of halogens is 1. The van der Waals surface area contributed by atoms with Crippen LogP contribution in [0, 0.1) is 22.6 Å². The average molecular weight is 394 g/mol. The summed E-state index contributed by atoms with van der Waals surface area (Å²) in [4.78, 5) is 13.4. The number of ether oxygens (including phenoxy) is 1. The molecule has 0 aromatic heterocycles. The molecule has 0 amide bonds. The van der Waals surface area contributed by atoms with Crippen LogP contribution in [0.1, 0.15) is 51.7 Å². The second kappa shape index (κ2) is 6.72. The van der Waals surface area contributed by atoms with E-state index in [1.165, 1.54) is 12.1 Å². The molecule has 0 radical (unpaired) electrons. The first-order valence-electron chi connectivity index (χ1n) is 10.2. The number of carbonyl (C=O) groups is 1. The van der Waals surface area contributed by atoms with Gasteiger partial charge in [-0.05, 0) is 72.2 Å². The molecule has 1 N–H and O–H groups in total. The normalized spacial score (nSPS) is 25.4. The Balaban J connectivity index is 1.81. The summed E-state index contributed by atoms with van der Waals surface area (Å²) in [5.41, 5.74) is 1.49. The topological polar surface area (TPSA) is 46.5 Å². The molecule has 1 saturated carbocycles. The van der Waals surface area contributed by atoms with E-state index >= 15 is 0 Å². The van der Waals surface area contributed by atoms with Crippen LogP contribution < -0.4 is 4.74 Å². The number of hydrogen-bond donors (Lipinski definition) is 1. The number of aliphatic hydroxyl groups is 1. The van der Waals surface area contributed by atoms with Gasteiger partial charge in [0.1, 0.15) is 23.1 Å². The predicted octanol–water partition coefficient (Wildman–Crippen LogP) is 6.47. The van der Waals surface area contributed by atoms with E-state index in [2.05, 4.69) is 20.8 Å². The van der Waals surface area contributed by atoms with Crippen molar-refractivity contribution in [2.45, 2.75) is 47.0 Å². The maximum absolute atomic E-state index is 13.4. The van der Waals surface area contributed by atoms with E-state index in [9.17, 15) is 14.3 Å². The maximum Gasteiger partial charge on any atom is 0.170 e. The van der Waals surface area contributed by atoms with Crippen molar-refractivity contribution in [3.05, 3.63) is 65.2 Å². The summed E-state index contributed by atoms with van der Waals surface area (Å²) in [5, 5.41) is 11.3. The van der Waals surface area contributed by atoms with Gasteiger partial charge in [-0.25, -0.2) is 4.39 Å². The lowest BCUT2D eigenvalue weighted by Gasteiger charge is -2.45. The number of rotatable bonds is 4. The summed E-state index contributed by atoms with van der Waals surface area (Å²) in [5.74, 6) is 0.881. The molecule has 2 atom stereocenters. The third kappa shape index (κ3) is 2.88. The Kier molecular flexibility index (Phi) is 4.56. The summed E-state index contributed by atoms with van der Waals surface area (Å²) in [7, 11) is 0. The third-order valence-corrected chi connectivity index (χ3v) is 7.33. The lowest BCUT2D eigenvalue weighted by molar-refractivity contribution is -0.122. The molecule has 0 aliphatic heterocycles. The molecule has 4 rings (SSSR count). The zero-order valence-electron chi connectivity index (χ0n) is 17.4. The van der Waals surface area contributed by atoms with Crippen molar-refractivity contribution < 1.29 is 19.0 Å². The Morgan fingerprint density at radius 2 is 1.76 bits per heavy atom. The van der Waals surface area contributed by atoms with Gasteiger partial charge in [-0.3, -0.25) is 4.79 Å². The molecular weight excluding hydrogens is 367 g/mol. The van der Waals surface area contributed by atoms with Crippen molar-refractivity contribution >= 4 is 11.4 Å². The van der Waals surface area contributed by atoms with E-state index in [4.69, 9.17) is 4.74 Å². The van der Waals surface area contributed by atoms with Crippen LogP contribution in [0.4, 0.5) is 4.39 Å². The second-order valence-electron chi connectivity index (χ2n) is 8.96.